The Kier molecular flexibility index (Phi) is 4.69. The monoisotopic (exact) mass is 159 g/mol. The van der Waals surface area contributed by atoms with Gasteiger partial charge in [-0.25, -0.2) is 0 Å². The smallest absolute Gasteiger partial charge is 0.0603 e. The zero-order valence-corrected chi connectivity index (χ0v) is 8.15. The van der Waals surface area contributed by atoms with Crippen molar-refractivity contribution in [2.45, 2.75) is 52.2 Å². The molecule has 0 saturated carbocycles. The molecule has 2 nitrogen and oxygen atoms in total. The molecule has 1 unspecified atom stereocenters. The molecule has 0 saturated heterocycles. The Balaban J connectivity index is 3.28. The molecule has 2 heteroatoms. The van der Waals surface area contributed by atoms with Crippen LogP contribution < -0.4 is 5.32 Å². The third kappa shape index (κ3) is 7.82. The fourth-order valence-corrected chi connectivity index (χ4v) is 0.769. The molecule has 0 aliphatic rings. The molecule has 0 heterocycles. The first kappa shape index (κ1) is 10.9. The van der Waals surface area contributed by atoms with E-state index in [4.69, 9.17) is 0 Å². The van der Waals surface area contributed by atoms with Crippen LogP contribution >= 0.6 is 0 Å². The van der Waals surface area contributed by atoms with Gasteiger partial charge in [-0.05, 0) is 40.2 Å². The van der Waals surface area contributed by atoms with Crippen LogP contribution in [0.1, 0.15) is 40.5 Å². The SMILES string of the molecule is CCC(C)NCCC(C)(C)O. The lowest BCUT2D eigenvalue weighted by Gasteiger charge is -2.18. The molecule has 0 spiro atoms. The lowest BCUT2D eigenvalue weighted by atomic mass is 10.1. The van der Waals surface area contributed by atoms with Crippen molar-refractivity contribution in [1.82, 2.24) is 5.32 Å². The summed E-state index contributed by atoms with van der Waals surface area (Å²) in [6, 6.07) is 0.567. The largest absolute Gasteiger partial charge is 0.390 e. The zero-order valence-electron chi connectivity index (χ0n) is 8.15. The van der Waals surface area contributed by atoms with Crippen molar-refractivity contribution < 1.29 is 5.11 Å². The van der Waals surface area contributed by atoms with E-state index in [0.29, 0.717) is 6.04 Å². The molecule has 11 heavy (non-hydrogen) atoms. The summed E-state index contributed by atoms with van der Waals surface area (Å²) in [5.74, 6) is 0. The average Bonchev–Trinajstić information content (AvgIpc) is 1.85. The van der Waals surface area contributed by atoms with Gasteiger partial charge in [0.2, 0.25) is 0 Å². The second-order valence-electron chi connectivity index (χ2n) is 3.83. The third-order valence-electron chi connectivity index (χ3n) is 1.84. The van der Waals surface area contributed by atoms with Gasteiger partial charge >= 0.3 is 0 Å². The highest BCUT2D eigenvalue weighted by Gasteiger charge is 2.11. The minimum Gasteiger partial charge on any atom is -0.390 e. The molecule has 0 radical (unpaired) electrons. The molecule has 0 rings (SSSR count). The van der Waals surface area contributed by atoms with Crippen molar-refractivity contribution in [2.24, 2.45) is 0 Å². The molecule has 1 atom stereocenters. The highest BCUT2D eigenvalue weighted by atomic mass is 16.3. The van der Waals surface area contributed by atoms with Crippen molar-refractivity contribution in [2.75, 3.05) is 6.54 Å². The van der Waals surface area contributed by atoms with Gasteiger partial charge in [0.1, 0.15) is 0 Å². The summed E-state index contributed by atoms with van der Waals surface area (Å²) in [7, 11) is 0. The quantitative estimate of drug-likeness (QED) is 0.637. The van der Waals surface area contributed by atoms with Crippen molar-refractivity contribution in [1.29, 1.82) is 0 Å². The van der Waals surface area contributed by atoms with E-state index in [1.54, 1.807) is 0 Å². The number of hydrogen-bond donors (Lipinski definition) is 2. The van der Waals surface area contributed by atoms with Gasteiger partial charge in [0.05, 0.1) is 5.60 Å². The van der Waals surface area contributed by atoms with Gasteiger partial charge in [-0.15, -0.1) is 0 Å². The first-order chi connectivity index (χ1) is 4.95. The highest BCUT2D eigenvalue weighted by molar-refractivity contribution is 4.68. The van der Waals surface area contributed by atoms with E-state index < -0.39 is 5.60 Å². The zero-order chi connectivity index (χ0) is 8.91. The molecule has 0 aliphatic heterocycles. The van der Waals surface area contributed by atoms with Crippen LogP contribution in [0.2, 0.25) is 0 Å². The van der Waals surface area contributed by atoms with E-state index in [-0.39, 0.29) is 0 Å². The maximum Gasteiger partial charge on any atom is 0.0603 e. The third-order valence-corrected chi connectivity index (χ3v) is 1.84. The normalized spacial score (nSPS) is 15.0. The molecule has 0 fully saturated rings. The lowest BCUT2D eigenvalue weighted by Crippen LogP contribution is -2.31. The van der Waals surface area contributed by atoms with Gasteiger partial charge in [0, 0.05) is 6.04 Å². The van der Waals surface area contributed by atoms with Crippen LogP contribution in [-0.4, -0.2) is 23.3 Å². The van der Waals surface area contributed by atoms with E-state index in [2.05, 4.69) is 19.2 Å². The van der Waals surface area contributed by atoms with Crippen LogP contribution in [0.5, 0.6) is 0 Å². The minimum absolute atomic E-state index is 0.527. The Bertz CT molecular complexity index is 96.2. The fraction of sp³-hybridized carbons (Fsp3) is 1.00. The Morgan fingerprint density at radius 2 is 2.00 bits per heavy atom. The molecule has 0 aromatic carbocycles. The van der Waals surface area contributed by atoms with Gasteiger partial charge in [-0.2, -0.15) is 0 Å². The molecular weight excluding hydrogens is 138 g/mol. The molecule has 0 aromatic heterocycles. The second-order valence-corrected chi connectivity index (χ2v) is 3.83. The number of hydrogen-bond acceptors (Lipinski definition) is 2. The number of rotatable bonds is 5. The van der Waals surface area contributed by atoms with Crippen molar-refractivity contribution in [3.05, 3.63) is 0 Å². The molecule has 2 N–H and O–H groups in total. The number of nitrogens with one attached hydrogen (secondary N) is 1. The summed E-state index contributed by atoms with van der Waals surface area (Å²) >= 11 is 0. The van der Waals surface area contributed by atoms with Gasteiger partial charge < -0.3 is 10.4 Å². The van der Waals surface area contributed by atoms with E-state index in [9.17, 15) is 5.11 Å². The van der Waals surface area contributed by atoms with Gasteiger partial charge in [-0.3, -0.25) is 0 Å². The molecule has 68 valence electrons. The van der Waals surface area contributed by atoms with E-state index in [1.165, 1.54) is 0 Å². The van der Waals surface area contributed by atoms with Crippen molar-refractivity contribution in [3.63, 3.8) is 0 Å². The summed E-state index contributed by atoms with van der Waals surface area (Å²) in [6.07, 6.45) is 1.96. The second kappa shape index (κ2) is 4.73. The molecule has 0 bridgehead atoms. The Morgan fingerprint density at radius 3 is 2.36 bits per heavy atom. The van der Waals surface area contributed by atoms with Crippen LogP contribution in [0.3, 0.4) is 0 Å². The van der Waals surface area contributed by atoms with E-state index >= 15 is 0 Å². The molecule has 0 amide bonds. The summed E-state index contributed by atoms with van der Waals surface area (Å²) in [5.41, 5.74) is -0.527. The van der Waals surface area contributed by atoms with Gasteiger partial charge in [0.15, 0.2) is 0 Å². The van der Waals surface area contributed by atoms with Crippen LogP contribution in [0, 0.1) is 0 Å². The first-order valence-corrected chi connectivity index (χ1v) is 4.41. The predicted octanol–water partition coefficient (Wildman–Crippen LogP) is 1.54. The molecule has 0 aliphatic carbocycles. The summed E-state index contributed by atoms with van der Waals surface area (Å²) in [4.78, 5) is 0. The van der Waals surface area contributed by atoms with Crippen molar-refractivity contribution >= 4 is 0 Å². The van der Waals surface area contributed by atoms with E-state index in [1.807, 2.05) is 13.8 Å². The fourth-order valence-electron chi connectivity index (χ4n) is 0.769. The topological polar surface area (TPSA) is 32.3 Å². The van der Waals surface area contributed by atoms with Crippen LogP contribution in [0.15, 0.2) is 0 Å². The maximum atomic E-state index is 9.36. The summed E-state index contributed by atoms with van der Waals surface area (Å²) < 4.78 is 0. The van der Waals surface area contributed by atoms with Crippen LogP contribution in [-0.2, 0) is 0 Å². The van der Waals surface area contributed by atoms with Crippen LogP contribution in [0.25, 0.3) is 0 Å². The number of aliphatic hydroxyl groups is 1. The summed E-state index contributed by atoms with van der Waals surface area (Å²) in [6.45, 7) is 8.89. The Labute approximate surface area is 70.0 Å². The standard InChI is InChI=1S/C9H21NO/c1-5-8(2)10-7-6-9(3,4)11/h8,10-11H,5-7H2,1-4H3. The van der Waals surface area contributed by atoms with Crippen LogP contribution in [0.4, 0.5) is 0 Å². The van der Waals surface area contributed by atoms with Gasteiger partial charge in [-0.1, -0.05) is 6.92 Å². The highest BCUT2D eigenvalue weighted by Crippen LogP contribution is 2.05. The Morgan fingerprint density at radius 1 is 1.45 bits per heavy atom. The molecular formula is C9H21NO. The predicted molar refractivity (Wildman–Crippen MR) is 48.7 cm³/mol. The Hall–Kier alpha value is -0.0800. The maximum absolute atomic E-state index is 9.36. The average molecular weight is 159 g/mol. The van der Waals surface area contributed by atoms with Crippen molar-refractivity contribution in [3.8, 4) is 0 Å². The minimum atomic E-state index is -0.527. The molecule has 0 aromatic rings. The first-order valence-electron chi connectivity index (χ1n) is 4.41. The lowest BCUT2D eigenvalue weighted by molar-refractivity contribution is 0.0705. The van der Waals surface area contributed by atoms with Gasteiger partial charge in [0.25, 0.3) is 0 Å². The summed E-state index contributed by atoms with van der Waals surface area (Å²) in [5, 5.41) is 12.7. The van der Waals surface area contributed by atoms with E-state index in [0.717, 1.165) is 19.4 Å².